The number of esters is 1. The molecule has 6 nitrogen and oxygen atoms in total. The predicted molar refractivity (Wildman–Crippen MR) is 87.9 cm³/mol. The van der Waals surface area contributed by atoms with Crippen molar-refractivity contribution in [1.29, 1.82) is 5.26 Å². The Morgan fingerprint density at radius 2 is 1.84 bits per heavy atom. The number of hydrogen-bond donors (Lipinski definition) is 1. The van der Waals surface area contributed by atoms with Gasteiger partial charge in [-0.25, -0.2) is 4.39 Å². The Kier molecular flexibility index (Phi) is 7.24. The van der Waals surface area contributed by atoms with Crippen molar-refractivity contribution < 1.29 is 23.5 Å². The number of nitrogens with zero attached hydrogens (tertiary/aromatic N) is 1. The predicted octanol–water partition coefficient (Wildman–Crippen LogP) is 2.39. The zero-order chi connectivity index (χ0) is 19.0. The van der Waals surface area contributed by atoms with Crippen LogP contribution in [0.1, 0.15) is 44.0 Å². The van der Waals surface area contributed by atoms with Gasteiger partial charge in [0.05, 0.1) is 12.5 Å². The Morgan fingerprint density at radius 3 is 2.36 bits per heavy atom. The van der Waals surface area contributed by atoms with Gasteiger partial charge in [0.2, 0.25) is 0 Å². The molecular formula is C18H21FN2O4. The molecule has 1 aromatic rings. The summed E-state index contributed by atoms with van der Waals surface area (Å²) in [5, 5.41) is 11.6. The first-order chi connectivity index (χ1) is 11.7. The van der Waals surface area contributed by atoms with Crippen LogP contribution in [0.4, 0.5) is 4.39 Å². The molecule has 1 amide bonds. The highest BCUT2D eigenvalue weighted by Gasteiger charge is 2.30. The largest absolute Gasteiger partial charge is 0.456 e. The molecule has 1 rings (SSSR count). The van der Waals surface area contributed by atoms with E-state index < -0.39 is 29.8 Å². The molecule has 134 valence electrons. The SMILES string of the molecule is CC(C)[C@@](C)(C#N)NC(=O)COC(=O)CCC(=O)c1ccc(F)cc1. The number of carbonyl (C=O) groups excluding carboxylic acids is 3. The quantitative estimate of drug-likeness (QED) is 0.575. The van der Waals surface area contributed by atoms with Crippen LogP contribution in [-0.2, 0) is 14.3 Å². The molecule has 0 spiro atoms. The number of rotatable bonds is 8. The summed E-state index contributed by atoms with van der Waals surface area (Å²) in [6, 6.07) is 7.02. The number of nitriles is 1. The molecule has 1 N–H and O–H groups in total. The van der Waals surface area contributed by atoms with Gasteiger partial charge in [0, 0.05) is 12.0 Å². The maximum absolute atomic E-state index is 12.8. The molecule has 1 atom stereocenters. The molecule has 0 unspecified atom stereocenters. The van der Waals surface area contributed by atoms with Crippen LogP contribution in [0.3, 0.4) is 0 Å². The molecule has 7 heteroatoms. The summed E-state index contributed by atoms with van der Waals surface area (Å²) in [5.41, 5.74) is -0.754. The Morgan fingerprint density at radius 1 is 1.24 bits per heavy atom. The standard InChI is InChI=1S/C18H21FN2O4/c1-12(2)18(3,11-20)21-16(23)10-25-17(24)9-8-15(22)13-4-6-14(19)7-5-13/h4-7,12H,8-10H2,1-3H3,(H,21,23)/t18-/m1/s1. The van der Waals surface area contributed by atoms with Crippen molar-refractivity contribution in [3.63, 3.8) is 0 Å². The van der Waals surface area contributed by atoms with Crippen molar-refractivity contribution >= 4 is 17.7 Å². The summed E-state index contributed by atoms with van der Waals surface area (Å²) in [4.78, 5) is 35.3. The van der Waals surface area contributed by atoms with Crippen molar-refractivity contribution in [2.75, 3.05) is 6.61 Å². The molecule has 1 aromatic carbocycles. The second-order valence-electron chi connectivity index (χ2n) is 6.11. The third-order valence-electron chi connectivity index (χ3n) is 3.87. The van der Waals surface area contributed by atoms with Crippen LogP contribution < -0.4 is 5.32 Å². The van der Waals surface area contributed by atoms with E-state index in [0.717, 1.165) is 12.1 Å². The van der Waals surface area contributed by atoms with Gasteiger partial charge >= 0.3 is 5.97 Å². The minimum absolute atomic E-state index is 0.103. The third-order valence-corrected chi connectivity index (χ3v) is 3.87. The number of halogens is 1. The van der Waals surface area contributed by atoms with Crippen LogP contribution in [0.2, 0.25) is 0 Å². The zero-order valence-corrected chi connectivity index (χ0v) is 14.5. The Bertz CT molecular complexity index is 679. The summed E-state index contributed by atoms with van der Waals surface area (Å²) in [5.74, 6) is -2.18. The van der Waals surface area contributed by atoms with E-state index in [0.29, 0.717) is 5.56 Å². The van der Waals surface area contributed by atoms with Crippen molar-refractivity contribution in [3.05, 3.63) is 35.6 Å². The lowest BCUT2D eigenvalue weighted by Gasteiger charge is -2.27. The third kappa shape index (κ3) is 6.34. The smallest absolute Gasteiger partial charge is 0.306 e. The summed E-state index contributed by atoms with van der Waals surface area (Å²) in [6.07, 6.45) is -0.294. The van der Waals surface area contributed by atoms with Gasteiger partial charge in [-0.2, -0.15) is 5.26 Å². The molecule has 0 aliphatic rings. The molecule has 0 bridgehead atoms. The van der Waals surface area contributed by atoms with Crippen molar-refractivity contribution in [3.8, 4) is 6.07 Å². The normalized spacial score (nSPS) is 12.8. The minimum Gasteiger partial charge on any atom is -0.456 e. The number of nitrogens with one attached hydrogen (secondary N) is 1. The number of benzene rings is 1. The first kappa shape index (κ1) is 20.3. The highest BCUT2D eigenvalue weighted by atomic mass is 19.1. The van der Waals surface area contributed by atoms with Crippen LogP contribution in [0, 0.1) is 23.1 Å². The second kappa shape index (κ2) is 8.92. The average molecular weight is 348 g/mol. The van der Waals surface area contributed by atoms with Crippen molar-refractivity contribution in [2.24, 2.45) is 5.92 Å². The first-order valence-electron chi connectivity index (χ1n) is 7.84. The van der Waals surface area contributed by atoms with Gasteiger partial charge in [0.1, 0.15) is 11.4 Å². The van der Waals surface area contributed by atoms with E-state index in [4.69, 9.17) is 10.00 Å². The zero-order valence-electron chi connectivity index (χ0n) is 14.5. The van der Waals surface area contributed by atoms with Crippen LogP contribution in [0.25, 0.3) is 0 Å². The molecular weight excluding hydrogens is 327 g/mol. The van der Waals surface area contributed by atoms with E-state index >= 15 is 0 Å². The van der Waals surface area contributed by atoms with Crippen LogP contribution in [-0.4, -0.2) is 29.8 Å². The molecule has 0 fully saturated rings. The molecule has 0 aromatic heterocycles. The van der Waals surface area contributed by atoms with Gasteiger partial charge in [-0.05, 0) is 37.1 Å². The molecule has 25 heavy (non-hydrogen) atoms. The number of amides is 1. The van der Waals surface area contributed by atoms with Crippen molar-refractivity contribution in [1.82, 2.24) is 5.32 Å². The molecule has 0 aliphatic carbocycles. The van der Waals surface area contributed by atoms with E-state index in [1.54, 1.807) is 20.8 Å². The summed E-state index contributed by atoms with van der Waals surface area (Å²) in [6.45, 7) is 4.64. The number of ketones is 1. The number of ether oxygens (including phenoxy) is 1. The second-order valence-corrected chi connectivity index (χ2v) is 6.11. The summed E-state index contributed by atoms with van der Waals surface area (Å²) in [7, 11) is 0. The minimum atomic E-state index is -1.05. The summed E-state index contributed by atoms with van der Waals surface area (Å²) < 4.78 is 17.6. The number of Topliss-reactive ketones (excluding diaryl/α,β-unsaturated/α-hetero) is 1. The lowest BCUT2D eigenvalue weighted by molar-refractivity contribution is -0.148. The van der Waals surface area contributed by atoms with Crippen LogP contribution in [0.5, 0.6) is 0 Å². The molecule has 0 saturated heterocycles. The highest BCUT2D eigenvalue weighted by molar-refractivity contribution is 5.97. The average Bonchev–Trinajstić information content (AvgIpc) is 2.58. The van der Waals surface area contributed by atoms with E-state index in [1.807, 2.05) is 6.07 Å². The maximum atomic E-state index is 12.8. The number of hydrogen-bond acceptors (Lipinski definition) is 5. The van der Waals surface area contributed by atoms with E-state index in [1.165, 1.54) is 12.1 Å². The number of carbonyl (C=O) groups is 3. The molecule has 0 heterocycles. The van der Waals surface area contributed by atoms with Crippen LogP contribution in [0.15, 0.2) is 24.3 Å². The maximum Gasteiger partial charge on any atom is 0.306 e. The van der Waals surface area contributed by atoms with Crippen molar-refractivity contribution in [2.45, 2.75) is 39.2 Å². The van der Waals surface area contributed by atoms with Crippen LogP contribution >= 0.6 is 0 Å². The lowest BCUT2D eigenvalue weighted by Crippen LogP contribution is -2.50. The van der Waals surface area contributed by atoms with Gasteiger partial charge in [-0.15, -0.1) is 0 Å². The first-order valence-corrected chi connectivity index (χ1v) is 7.84. The monoisotopic (exact) mass is 348 g/mol. The fraction of sp³-hybridized carbons (Fsp3) is 0.444. The highest BCUT2D eigenvalue weighted by Crippen LogP contribution is 2.14. The Labute approximate surface area is 146 Å². The Balaban J connectivity index is 2.40. The fourth-order valence-corrected chi connectivity index (χ4v) is 1.84. The Hall–Kier alpha value is -2.75. The molecule has 0 saturated carbocycles. The van der Waals surface area contributed by atoms with E-state index in [9.17, 15) is 18.8 Å². The molecule has 0 aliphatic heterocycles. The summed E-state index contributed by atoms with van der Waals surface area (Å²) >= 11 is 0. The van der Waals surface area contributed by atoms with E-state index in [-0.39, 0.29) is 24.5 Å². The van der Waals surface area contributed by atoms with Gasteiger partial charge in [0.15, 0.2) is 12.4 Å². The lowest BCUT2D eigenvalue weighted by atomic mass is 9.90. The topological polar surface area (TPSA) is 96.3 Å². The van der Waals surface area contributed by atoms with E-state index in [2.05, 4.69) is 5.32 Å². The van der Waals surface area contributed by atoms with Gasteiger partial charge in [-0.3, -0.25) is 14.4 Å². The molecule has 0 radical (unpaired) electrons. The fourth-order valence-electron chi connectivity index (χ4n) is 1.84. The van der Waals surface area contributed by atoms with Gasteiger partial charge < -0.3 is 10.1 Å². The van der Waals surface area contributed by atoms with Gasteiger partial charge in [-0.1, -0.05) is 13.8 Å². The van der Waals surface area contributed by atoms with Gasteiger partial charge in [0.25, 0.3) is 5.91 Å².